The summed E-state index contributed by atoms with van der Waals surface area (Å²) in [6.07, 6.45) is -2.72. The Hall–Kier alpha value is -1.72. The molecule has 0 atom stereocenters. The van der Waals surface area contributed by atoms with Gasteiger partial charge in [-0.3, -0.25) is 0 Å². The van der Waals surface area contributed by atoms with E-state index in [0.717, 1.165) is 25.0 Å². The number of hydrogen-bond acceptors (Lipinski definition) is 2. The molecule has 0 spiro atoms. The van der Waals surface area contributed by atoms with Crippen molar-refractivity contribution in [3.8, 4) is 0 Å². The minimum atomic E-state index is -4.65. The van der Waals surface area contributed by atoms with Crippen LogP contribution in [-0.4, -0.2) is 17.1 Å². The molecule has 0 aromatic heterocycles. The lowest BCUT2D eigenvalue weighted by atomic mass is 10.1. The van der Waals surface area contributed by atoms with Gasteiger partial charge >= 0.3 is 12.1 Å². The lowest BCUT2D eigenvalue weighted by molar-refractivity contribution is -0.138. The number of alkyl halides is 3. The first-order valence-corrected chi connectivity index (χ1v) is 5.09. The van der Waals surface area contributed by atoms with Gasteiger partial charge in [-0.05, 0) is 31.0 Å². The van der Waals surface area contributed by atoms with Gasteiger partial charge in [0.2, 0.25) is 0 Å². The molecular weight excluding hydrogens is 235 g/mol. The second kappa shape index (κ2) is 3.94. The lowest BCUT2D eigenvalue weighted by Crippen LogP contribution is -2.13. The van der Waals surface area contributed by atoms with Gasteiger partial charge in [0, 0.05) is 11.7 Å². The number of halogens is 3. The van der Waals surface area contributed by atoms with Crippen molar-refractivity contribution < 1.29 is 23.1 Å². The predicted octanol–water partition coefficient (Wildman–Crippen LogP) is 2.98. The van der Waals surface area contributed by atoms with Crippen LogP contribution < -0.4 is 5.32 Å². The number of benzene rings is 1. The van der Waals surface area contributed by atoms with Crippen molar-refractivity contribution in [2.45, 2.75) is 25.1 Å². The summed E-state index contributed by atoms with van der Waals surface area (Å²) in [7, 11) is 0. The summed E-state index contributed by atoms with van der Waals surface area (Å²) in [5, 5.41) is 11.7. The third kappa shape index (κ3) is 2.69. The monoisotopic (exact) mass is 245 g/mol. The maximum atomic E-state index is 12.5. The summed E-state index contributed by atoms with van der Waals surface area (Å²) in [6, 6.07) is 3.35. The van der Waals surface area contributed by atoms with E-state index in [4.69, 9.17) is 5.11 Å². The van der Waals surface area contributed by atoms with Crippen LogP contribution in [0.15, 0.2) is 18.2 Å². The minimum absolute atomic E-state index is 0.258. The van der Waals surface area contributed by atoms with Crippen LogP contribution in [0.3, 0.4) is 0 Å². The summed E-state index contributed by atoms with van der Waals surface area (Å²) in [5.74, 6) is -1.57. The minimum Gasteiger partial charge on any atom is -0.478 e. The Morgan fingerprint density at radius 3 is 2.47 bits per heavy atom. The summed E-state index contributed by atoms with van der Waals surface area (Å²) in [6.45, 7) is 0. The van der Waals surface area contributed by atoms with Crippen LogP contribution in [0.1, 0.15) is 28.8 Å². The lowest BCUT2D eigenvalue weighted by Gasteiger charge is -2.12. The molecule has 2 N–H and O–H groups in total. The van der Waals surface area contributed by atoms with Crippen LogP contribution in [0.4, 0.5) is 18.9 Å². The fourth-order valence-corrected chi connectivity index (χ4v) is 1.52. The molecule has 1 fully saturated rings. The van der Waals surface area contributed by atoms with E-state index < -0.39 is 23.3 Å². The molecule has 0 unspecified atom stereocenters. The van der Waals surface area contributed by atoms with Crippen LogP contribution >= 0.6 is 0 Å². The van der Waals surface area contributed by atoms with E-state index in [1.807, 2.05) is 0 Å². The van der Waals surface area contributed by atoms with Gasteiger partial charge in [-0.25, -0.2) is 4.79 Å². The SMILES string of the molecule is O=C(O)c1cc(NC2CC2)ccc1C(F)(F)F. The molecule has 0 saturated heterocycles. The van der Waals surface area contributed by atoms with Crippen molar-refractivity contribution in [1.82, 2.24) is 0 Å². The zero-order chi connectivity index (χ0) is 12.6. The quantitative estimate of drug-likeness (QED) is 0.860. The van der Waals surface area contributed by atoms with Crippen molar-refractivity contribution in [3.63, 3.8) is 0 Å². The van der Waals surface area contributed by atoms with Crippen molar-refractivity contribution in [2.24, 2.45) is 0 Å². The Morgan fingerprint density at radius 1 is 1.35 bits per heavy atom. The van der Waals surface area contributed by atoms with E-state index in [0.29, 0.717) is 5.69 Å². The molecule has 1 aromatic rings. The summed E-state index contributed by atoms with van der Waals surface area (Å²) in [4.78, 5) is 10.8. The van der Waals surface area contributed by atoms with Crippen LogP contribution in [0.2, 0.25) is 0 Å². The van der Waals surface area contributed by atoms with E-state index in [2.05, 4.69) is 5.32 Å². The van der Waals surface area contributed by atoms with Gasteiger partial charge < -0.3 is 10.4 Å². The third-order valence-electron chi connectivity index (χ3n) is 2.50. The molecule has 1 saturated carbocycles. The van der Waals surface area contributed by atoms with Gasteiger partial charge in [0.05, 0.1) is 11.1 Å². The first-order chi connectivity index (χ1) is 7.88. The number of carboxylic acid groups (broad SMARTS) is 1. The van der Waals surface area contributed by atoms with Crippen molar-refractivity contribution in [2.75, 3.05) is 5.32 Å². The Balaban J connectivity index is 2.36. The molecule has 0 bridgehead atoms. The average Bonchev–Trinajstić information content (AvgIpc) is 2.99. The number of carboxylic acids is 1. The maximum absolute atomic E-state index is 12.5. The molecule has 0 aliphatic heterocycles. The van der Waals surface area contributed by atoms with Crippen LogP contribution in [0.25, 0.3) is 0 Å². The summed E-state index contributed by atoms with van der Waals surface area (Å²) in [5.41, 5.74) is -1.42. The largest absolute Gasteiger partial charge is 0.478 e. The number of hydrogen-bond donors (Lipinski definition) is 2. The highest BCUT2D eigenvalue weighted by molar-refractivity contribution is 5.91. The summed E-state index contributed by atoms with van der Waals surface area (Å²) < 4.78 is 37.6. The zero-order valence-electron chi connectivity index (χ0n) is 8.71. The Morgan fingerprint density at radius 2 is 2.00 bits per heavy atom. The predicted molar refractivity (Wildman–Crippen MR) is 55.0 cm³/mol. The normalized spacial score (nSPS) is 15.7. The number of aromatic carboxylic acids is 1. The van der Waals surface area contributed by atoms with Gasteiger partial charge in [-0.1, -0.05) is 0 Å². The van der Waals surface area contributed by atoms with E-state index >= 15 is 0 Å². The first kappa shape index (κ1) is 11.8. The zero-order valence-corrected chi connectivity index (χ0v) is 8.71. The molecule has 6 heteroatoms. The van der Waals surface area contributed by atoms with Crippen LogP contribution in [0.5, 0.6) is 0 Å². The molecule has 0 radical (unpaired) electrons. The Bertz CT molecular complexity index is 453. The standard InChI is InChI=1S/C11H10F3NO2/c12-11(13,14)9-4-3-7(15-6-1-2-6)5-8(9)10(16)17/h3-6,15H,1-2H2,(H,16,17). The van der Waals surface area contributed by atoms with Crippen molar-refractivity contribution in [3.05, 3.63) is 29.3 Å². The van der Waals surface area contributed by atoms with Gasteiger partial charge in [-0.2, -0.15) is 13.2 Å². The van der Waals surface area contributed by atoms with Crippen LogP contribution in [0, 0.1) is 0 Å². The van der Waals surface area contributed by atoms with E-state index in [1.54, 1.807) is 0 Å². The third-order valence-corrected chi connectivity index (χ3v) is 2.50. The van der Waals surface area contributed by atoms with E-state index in [1.165, 1.54) is 6.07 Å². The summed E-state index contributed by atoms with van der Waals surface area (Å²) >= 11 is 0. The first-order valence-electron chi connectivity index (χ1n) is 5.09. The van der Waals surface area contributed by atoms with Crippen molar-refractivity contribution >= 4 is 11.7 Å². The van der Waals surface area contributed by atoms with Crippen molar-refractivity contribution in [1.29, 1.82) is 0 Å². The van der Waals surface area contributed by atoms with Gasteiger partial charge in [-0.15, -0.1) is 0 Å². The molecule has 2 rings (SSSR count). The smallest absolute Gasteiger partial charge is 0.417 e. The molecule has 1 aliphatic carbocycles. The highest BCUT2D eigenvalue weighted by Gasteiger charge is 2.35. The topological polar surface area (TPSA) is 49.3 Å². The van der Waals surface area contributed by atoms with Gasteiger partial charge in [0.25, 0.3) is 0 Å². The Labute approximate surface area is 95.3 Å². The van der Waals surface area contributed by atoms with Gasteiger partial charge in [0.15, 0.2) is 0 Å². The van der Waals surface area contributed by atoms with E-state index in [9.17, 15) is 18.0 Å². The molecule has 92 valence electrons. The molecule has 3 nitrogen and oxygen atoms in total. The second-order valence-corrected chi connectivity index (χ2v) is 3.98. The highest BCUT2D eigenvalue weighted by Crippen LogP contribution is 2.34. The van der Waals surface area contributed by atoms with E-state index in [-0.39, 0.29) is 6.04 Å². The molecule has 1 aromatic carbocycles. The molecular formula is C11H10F3NO2. The van der Waals surface area contributed by atoms with Crippen LogP contribution in [-0.2, 0) is 6.18 Å². The van der Waals surface area contributed by atoms with Gasteiger partial charge in [0.1, 0.15) is 0 Å². The number of anilines is 1. The molecule has 0 heterocycles. The fraction of sp³-hybridized carbons (Fsp3) is 0.364. The maximum Gasteiger partial charge on any atom is 0.417 e. The number of nitrogens with one attached hydrogen (secondary N) is 1. The fourth-order valence-electron chi connectivity index (χ4n) is 1.52. The average molecular weight is 245 g/mol. The number of rotatable bonds is 3. The second-order valence-electron chi connectivity index (χ2n) is 3.98. The Kier molecular flexibility index (Phi) is 2.73. The molecule has 0 amide bonds. The highest BCUT2D eigenvalue weighted by atomic mass is 19.4. The molecule has 1 aliphatic rings. The number of carbonyl (C=O) groups is 1. The molecule has 17 heavy (non-hydrogen) atoms.